The van der Waals surface area contributed by atoms with Crippen molar-refractivity contribution in [3.63, 3.8) is 0 Å². The highest BCUT2D eigenvalue weighted by Gasteiger charge is 2.06. The van der Waals surface area contributed by atoms with E-state index in [0.717, 1.165) is 0 Å². The Morgan fingerprint density at radius 1 is 0.944 bits per heavy atom. The van der Waals surface area contributed by atoms with Gasteiger partial charge in [-0.25, -0.2) is 4.21 Å². The van der Waals surface area contributed by atoms with Gasteiger partial charge in [-0.2, -0.15) is 0 Å². The van der Waals surface area contributed by atoms with E-state index in [1.54, 1.807) is 12.1 Å². The Morgan fingerprint density at radius 3 is 2.11 bits per heavy atom. The summed E-state index contributed by atoms with van der Waals surface area (Å²) in [6, 6.07) is 16.9. The molecule has 0 radical (unpaired) electrons. The highest BCUT2D eigenvalue weighted by Crippen LogP contribution is 2.20. The molecule has 0 amide bonds. The average Bonchev–Trinajstić information content (AvgIpc) is 2.40. The Morgan fingerprint density at radius 2 is 1.56 bits per heavy atom. The van der Waals surface area contributed by atoms with Crippen LogP contribution in [-0.4, -0.2) is 4.21 Å². The fourth-order valence-corrected chi connectivity index (χ4v) is 2.34. The molecule has 0 aliphatic carbocycles. The summed E-state index contributed by atoms with van der Waals surface area (Å²) in [6.07, 6.45) is 0. The first kappa shape index (κ1) is 12.8. The predicted octanol–water partition coefficient (Wildman–Crippen LogP) is 3.91. The Bertz CT molecular complexity index is 518. The molecule has 2 rings (SSSR count). The standard InChI is InChI=1S/C15H16O2S/c1-12(2)13-8-10-14(11-9-13)17-18(16)15-6-4-3-5-7-15/h3-12H,1-2H3. The molecule has 2 nitrogen and oxygen atoms in total. The van der Waals surface area contributed by atoms with Crippen LogP contribution in [0.25, 0.3) is 0 Å². The minimum absolute atomic E-state index is 0.485. The van der Waals surface area contributed by atoms with Crippen molar-refractivity contribution < 1.29 is 8.39 Å². The Hall–Kier alpha value is -1.61. The van der Waals surface area contributed by atoms with Gasteiger partial charge in [0.2, 0.25) is 11.1 Å². The van der Waals surface area contributed by atoms with E-state index in [0.29, 0.717) is 16.6 Å². The second kappa shape index (κ2) is 5.83. The second-order valence-corrected chi connectivity index (χ2v) is 5.46. The molecule has 0 bridgehead atoms. The van der Waals surface area contributed by atoms with Gasteiger partial charge in [-0.05, 0) is 35.7 Å². The van der Waals surface area contributed by atoms with Gasteiger partial charge in [0.25, 0.3) is 0 Å². The zero-order valence-corrected chi connectivity index (χ0v) is 11.3. The maximum Gasteiger partial charge on any atom is 0.240 e. The summed E-state index contributed by atoms with van der Waals surface area (Å²) < 4.78 is 17.3. The third kappa shape index (κ3) is 3.20. The summed E-state index contributed by atoms with van der Waals surface area (Å²) in [6.45, 7) is 4.27. The van der Waals surface area contributed by atoms with Gasteiger partial charge in [-0.1, -0.05) is 44.2 Å². The van der Waals surface area contributed by atoms with Gasteiger partial charge in [-0.15, -0.1) is 0 Å². The molecule has 3 heteroatoms. The first-order chi connectivity index (χ1) is 8.66. The number of rotatable bonds is 4. The molecule has 0 saturated heterocycles. The molecular weight excluding hydrogens is 244 g/mol. The molecule has 0 spiro atoms. The van der Waals surface area contributed by atoms with Crippen LogP contribution in [0.5, 0.6) is 5.75 Å². The van der Waals surface area contributed by atoms with Crippen molar-refractivity contribution in [2.75, 3.05) is 0 Å². The van der Waals surface area contributed by atoms with Crippen LogP contribution < -0.4 is 4.18 Å². The lowest BCUT2D eigenvalue weighted by Crippen LogP contribution is -2.00. The van der Waals surface area contributed by atoms with Crippen molar-refractivity contribution in [3.8, 4) is 5.75 Å². The normalized spacial score (nSPS) is 12.4. The van der Waals surface area contributed by atoms with Gasteiger partial charge in [0.1, 0.15) is 5.75 Å². The van der Waals surface area contributed by atoms with Crippen LogP contribution in [0.4, 0.5) is 0 Å². The van der Waals surface area contributed by atoms with E-state index < -0.39 is 11.1 Å². The van der Waals surface area contributed by atoms with Crippen LogP contribution in [-0.2, 0) is 11.1 Å². The van der Waals surface area contributed by atoms with E-state index >= 15 is 0 Å². The van der Waals surface area contributed by atoms with Crippen LogP contribution >= 0.6 is 0 Å². The smallest absolute Gasteiger partial charge is 0.240 e. The largest absolute Gasteiger partial charge is 0.397 e. The first-order valence-corrected chi connectivity index (χ1v) is 6.99. The number of benzene rings is 2. The monoisotopic (exact) mass is 260 g/mol. The quantitative estimate of drug-likeness (QED) is 0.833. The summed E-state index contributed by atoms with van der Waals surface area (Å²) in [5, 5.41) is 0. The molecule has 0 aliphatic heterocycles. The molecule has 0 aromatic heterocycles. The summed E-state index contributed by atoms with van der Waals surface area (Å²) in [4.78, 5) is 0.672. The molecule has 1 atom stereocenters. The Balaban J connectivity index is 2.08. The fraction of sp³-hybridized carbons (Fsp3) is 0.200. The Kier molecular flexibility index (Phi) is 4.15. The molecule has 2 aromatic carbocycles. The van der Waals surface area contributed by atoms with Gasteiger partial charge in [0.15, 0.2) is 0 Å². The van der Waals surface area contributed by atoms with Gasteiger partial charge >= 0.3 is 0 Å². The van der Waals surface area contributed by atoms with Gasteiger partial charge < -0.3 is 4.18 Å². The zero-order chi connectivity index (χ0) is 13.0. The van der Waals surface area contributed by atoms with Crippen molar-refractivity contribution >= 4 is 11.1 Å². The van der Waals surface area contributed by atoms with E-state index in [4.69, 9.17) is 4.18 Å². The maximum absolute atomic E-state index is 11.9. The van der Waals surface area contributed by atoms with E-state index in [1.807, 2.05) is 42.5 Å². The van der Waals surface area contributed by atoms with Gasteiger partial charge in [0.05, 0.1) is 4.90 Å². The third-order valence-corrected chi connectivity index (χ3v) is 3.66. The molecule has 0 saturated carbocycles. The molecule has 18 heavy (non-hydrogen) atoms. The zero-order valence-electron chi connectivity index (χ0n) is 10.5. The van der Waals surface area contributed by atoms with Crippen molar-refractivity contribution in [3.05, 3.63) is 60.2 Å². The maximum atomic E-state index is 11.9. The highest BCUT2D eigenvalue weighted by molar-refractivity contribution is 7.80. The minimum Gasteiger partial charge on any atom is -0.397 e. The fourth-order valence-electron chi connectivity index (χ4n) is 1.58. The van der Waals surface area contributed by atoms with Crippen LogP contribution in [0.1, 0.15) is 25.3 Å². The van der Waals surface area contributed by atoms with Crippen molar-refractivity contribution in [2.45, 2.75) is 24.7 Å². The lowest BCUT2D eigenvalue weighted by Gasteiger charge is -2.07. The van der Waals surface area contributed by atoms with Crippen molar-refractivity contribution in [1.29, 1.82) is 0 Å². The minimum atomic E-state index is -1.45. The molecule has 0 heterocycles. The molecule has 0 fully saturated rings. The molecule has 0 N–H and O–H groups in total. The SMILES string of the molecule is CC(C)c1ccc(OS(=O)c2ccccc2)cc1. The van der Waals surface area contributed by atoms with Crippen LogP contribution in [0.2, 0.25) is 0 Å². The molecular formula is C15H16O2S. The Labute approximate surface area is 110 Å². The van der Waals surface area contributed by atoms with Crippen molar-refractivity contribution in [1.82, 2.24) is 0 Å². The first-order valence-electron chi connectivity index (χ1n) is 5.92. The summed E-state index contributed by atoms with van der Waals surface area (Å²) in [7, 11) is 0. The summed E-state index contributed by atoms with van der Waals surface area (Å²) in [5.74, 6) is 1.11. The number of hydrogen-bond acceptors (Lipinski definition) is 2. The second-order valence-electron chi connectivity index (χ2n) is 4.35. The predicted molar refractivity (Wildman–Crippen MR) is 74.0 cm³/mol. The van der Waals surface area contributed by atoms with Crippen LogP contribution in [0.15, 0.2) is 59.5 Å². The van der Waals surface area contributed by atoms with E-state index in [-0.39, 0.29) is 0 Å². The van der Waals surface area contributed by atoms with E-state index in [2.05, 4.69) is 13.8 Å². The van der Waals surface area contributed by atoms with Crippen LogP contribution in [0.3, 0.4) is 0 Å². The molecule has 2 aromatic rings. The summed E-state index contributed by atoms with van der Waals surface area (Å²) >= 11 is -1.45. The molecule has 94 valence electrons. The van der Waals surface area contributed by atoms with Crippen molar-refractivity contribution in [2.24, 2.45) is 0 Å². The van der Waals surface area contributed by atoms with Gasteiger partial charge in [0, 0.05) is 0 Å². The average molecular weight is 260 g/mol. The van der Waals surface area contributed by atoms with Crippen LogP contribution in [0, 0.1) is 0 Å². The molecule has 0 aliphatic rings. The van der Waals surface area contributed by atoms with E-state index in [1.165, 1.54) is 5.56 Å². The van der Waals surface area contributed by atoms with Gasteiger partial charge in [-0.3, -0.25) is 0 Å². The lowest BCUT2D eigenvalue weighted by atomic mass is 10.0. The topological polar surface area (TPSA) is 26.3 Å². The third-order valence-electron chi connectivity index (χ3n) is 2.65. The highest BCUT2D eigenvalue weighted by atomic mass is 32.2. The number of hydrogen-bond donors (Lipinski definition) is 0. The summed E-state index contributed by atoms with van der Waals surface area (Å²) in [5.41, 5.74) is 1.24. The lowest BCUT2D eigenvalue weighted by molar-refractivity contribution is 0.561. The van der Waals surface area contributed by atoms with E-state index in [9.17, 15) is 4.21 Å². The molecule has 1 unspecified atom stereocenters.